The second-order valence-corrected chi connectivity index (χ2v) is 7.88. The van der Waals surface area contributed by atoms with Gasteiger partial charge in [0.15, 0.2) is 0 Å². The lowest BCUT2D eigenvalue weighted by molar-refractivity contribution is 0.414. The summed E-state index contributed by atoms with van der Waals surface area (Å²) in [4.78, 5) is 23.4. The zero-order valence-corrected chi connectivity index (χ0v) is 15.5. The predicted octanol–water partition coefficient (Wildman–Crippen LogP) is 4.62. The minimum absolute atomic E-state index is 0.0683. The molecule has 0 aliphatic carbocycles. The molecule has 0 saturated carbocycles. The Morgan fingerprint density at radius 1 is 1.20 bits per heavy atom. The number of hydrogen-bond donors (Lipinski definition) is 1. The number of nitrogens with one attached hydrogen (secondary N) is 1. The number of hydrogen-bond acceptors (Lipinski definition) is 5. The van der Waals surface area contributed by atoms with Crippen LogP contribution in [0.15, 0.2) is 46.6 Å². The highest BCUT2D eigenvalue weighted by atomic mass is 32.1. The number of fused-ring (bicyclic) bond motifs is 1. The summed E-state index contributed by atoms with van der Waals surface area (Å²) in [6.07, 6.45) is 0.584. The second kappa shape index (κ2) is 6.46. The Hall–Kier alpha value is -2.44. The maximum Gasteiger partial charge on any atom is 0.260 e. The van der Waals surface area contributed by atoms with E-state index < -0.39 is 0 Å². The zero-order chi connectivity index (χ0) is 17.4. The smallest absolute Gasteiger partial charge is 0.260 e. The quantitative estimate of drug-likeness (QED) is 0.572. The van der Waals surface area contributed by atoms with Gasteiger partial charge in [-0.05, 0) is 36.1 Å². The molecule has 0 aliphatic rings. The van der Waals surface area contributed by atoms with Crippen molar-refractivity contribution in [2.75, 3.05) is 7.11 Å². The average molecular weight is 368 g/mol. The van der Waals surface area contributed by atoms with Crippen LogP contribution in [0.1, 0.15) is 16.3 Å². The molecule has 1 aromatic carbocycles. The summed E-state index contributed by atoms with van der Waals surface area (Å²) < 4.78 is 5.18. The Bertz CT molecular complexity index is 1080. The number of aryl methyl sites for hydroxylation is 1. The van der Waals surface area contributed by atoms with Gasteiger partial charge >= 0.3 is 0 Å². The third-order valence-electron chi connectivity index (χ3n) is 4.09. The van der Waals surface area contributed by atoms with Crippen LogP contribution >= 0.6 is 22.7 Å². The summed E-state index contributed by atoms with van der Waals surface area (Å²) in [6, 6.07) is 11.8. The highest BCUT2D eigenvalue weighted by Crippen LogP contribution is 2.37. The largest absolute Gasteiger partial charge is 0.497 e. The molecule has 0 atom stereocenters. The minimum Gasteiger partial charge on any atom is -0.497 e. The van der Waals surface area contributed by atoms with Gasteiger partial charge in [0.2, 0.25) is 0 Å². The third kappa shape index (κ3) is 2.99. The number of methoxy groups -OCH3 is 1. The molecule has 3 heterocycles. The molecule has 0 amide bonds. The van der Waals surface area contributed by atoms with E-state index in [-0.39, 0.29) is 5.56 Å². The number of H-pyrrole nitrogens is 1. The number of thiophene rings is 2. The average Bonchev–Trinajstić information content (AvgIpc) is 3.22. The van der Waals surface area contributed by atoms with E-state index in [2.05, 4.69) is 4.98 Å². The van der Waals surface area contributed by atoms with Crippen LogP contribution in [0.25, 0.3) is 20.7 Å². The molecule has 0 unspecified atom stereocenters. The predicted molar refractivity (Wildman–Crippen MR) is 104 cm³/mol. The van der Waals surface area contributed by atoms with Crippen LogP contribution in [0.2, 0.25) is 0 Å². The molecule has 4 nitrogen and oxygen atoms in total. The number of ether oxygens (including phenoxy) is 1. The van der Waals surface area contributed by atoms with E-state index in [9.17, 15) is 4.79 Å². The van der Waals surface area contributed by atoms with Crippen molar-refractivity contribution in [1.82, 2.24) is 9.97 Å². The van der Waals surface area contributed by atoms with E-state index in [1.54, 1.807) is 29.8 Å². The van der Waals surface area contributed by atoms with Crippen molar-refractivity contribution in [3.63, 3.8) is 0 Å². The summed E-state index contributed by atoms with van der Waals surface area (Å²) >= 11 is 3.22. The summed E-state index contributed by atoms with van der Waals surface area (Å²) in [6.45, 7) is 2.05. The van der Waals surface area contributed by atoms with Crippen molar-refractivity contribution in [2.24, 2.45) is 0 Å². The lowest BCUT2D eigenvalue weighted by atomic mass is 10.1. The molecule has 0 aliphatic heterocycles. The van der Waals surface area contributed by atoms with E-state index in [1.165, 1.54) is 0 Å². The van der Waals surface area contributed by atoms with Crippen LogP contribution in [-0.4, -0.2) is 17.1 Å². The first kappa shape index (κ1) is 16.1. The molecule has 0 bridgehead atoms. The van der Waals surface area contributed by atoms with Gasteiger partial charge in [0, 0.05) is 21.7 Å². The molecule has 1 N–H and O–H groups in total. The number of benzene rings is 1. The van der Waals surface area contributed by atoms with Gasteiger partial charge in [-0.15, -0.1) is 22.7 Å². The van der Waals surface area contributed by atoms with Gasteiger partial charge in [-0.3, -0.25) is 4.79 Å². The highest BCUT2D eigenvalue weighted by Gasteiger charge is 2.17. The third-order valence-corrected chi connectivity index (χ3v) is 5.97. The van der Waals surface area contributed by atoms with Gasteiger partial charge in [0.05, 0.1) is 12.5 Å². The van der Waals surface area contributed by atoms with Crippen LogP contribution < -0.4 is 10.3 Å². The molecule has 4 aromatic rings. The van der Waals surface area contributed by atoms with Crippen LogP contribution in [0.3, 0.4) is 0 Å². The van der Waals surface area contributed by atoms with Crippen molar-refractivity contribution in [1.29, 1.82) is 0 Å². The molecule has 4 rings (SSSR count). The molecule has 0 fully saturated rings. The van der Waals surface area contributed by atoms with Gasteiger partial charge in [-0.25, -0.2) is 4.98 Å². The normalized spacial score (nSPS) is 11.1. The highest BCUT2D eigenvalue weighted by molar-refractivity contribution is 7.20. The molecule has 0 saturated heterocycles. The fourth-order valence-electron chi connectivity index (χ4n) is 2.90. The van der Waals surface area contributed by atoms with E-state index in [0.717, 1.165) is 31.5 Å². The zero-order valence-electron chi connectivity index (χ0n) is 13.8. The van der Waals surface area contributed by atoms with Gasteiger partial charge in [-0.2, -0.15) is 0 Å². The minimum atomic E-state index is -0.0683. The Labute approximate surface area is 152 Å². The SMILES string of the molecule is COc1ccc(Cc2nc3sc(C)c(-c4cccs4)c3c(=O)[nH]2)cc1. The first-order chi connectivity index (χ1) is 12.2. The van der Waals surface area contributed by atoms with Crippen LogP contribution in [0.4, 0.5) is 0 Å². The van der Waals surface area contributed by atoms with Crippen molar-refractivity contribution >= 4 is 32.9 Å². The second-order valence-electron chi connectivity index (χ2n) is 5.73. The Balaban J connectivity index is 1.76. The van der Waals surface area contributed by atoms with Crippen molar-refractivity contribution < 1.29 is 4.74 Å². The van der Waals surface area contributed by atoms with E-state index >= 15 is 0 Å². The van der Waals surface area contributed by atoms with Crippen molar-refractivity contribution in [2.45, 2.75) is 13.3 Å². The van der Waals surface area contributed by atoms with Crippen LogP contribution in [0.5, 0.6) is 5.75 Å². The molecule has 0 spiro atoms. The first-order valence-corrected chi connectivity index (χ1v) is 9.54. The van der Waals surface area contributed by atoms with Crippen LogP contribution in [-0.2, 0) is 6.42 Å². The van der Waals surface area contributed by atoms with Gasteiger partial charge < -0.3 is 9.72 Å². The number of aromatic amines is 1. The monoisotopic (exact) mass is 368 g/mol. The fourth-order valence-corrected chi connectivity index (χ4v) is 4.86. The number of nitrogens with zero attached hydrogens (tertiary/aromatic N) is 1. The molecule has 126 valence electrons. The lowest BCUT2D eigenvalue weighted by Gasteiger charge is -2.04. The van der Waals surface area contributed by atoms with Gasteiger partial charge in [0.1, 0.15) is 16.4 Å². The molecular weight excluding hydrogens is 352 g/mol. The summed E-state index contributed by atoms with van der Waals surface area (Å²) in [5, 5.41) is 2.72. The maximum absolute atomic E-state index is 12.7. The molecule has 6 heteroatoms. The standard InChI is InChI=1S/C19H16N2O2S2/c1-11-16(14-4-3-9-24-14)17-18(22)20-15(21-19(17)25-11)10-12-5-7-13(23-2)8-6-12/h3-9H,10H2,1-2H3,(H,20,21,22). The fraction of sp³-hybridized carbons (Fsp3) is 0.158. The van der Waals surface area contributed by atoms with Gasteiger partial charge in [-0.1, -0.05) is 18.2 Å². The Kier molecular flexibility index (Phi) is 4.15. The Morgan fingerprint density at radius 3 is 2.68 bits per heavy atom. The number of aromatic nitrogens is 2. The summed E-state index contributed by atoms with van der Waals surface area (Å²) in [5.74, 6) is 1.50. The molecule has 3 aromatic heterocycles. The summed E-state index contributed by atoms with van der Waals surface area (Å²) in [5.41, 5.74) is 2.02. The Morgan fingerprint density at radius 2 is 2.00 bits per heavy atom. The molecule has 0 radical (unpaired) electrons. The van der Waals surface area contributed by atoms with Gasteiger partial charge in [0.25, 0.3) is 5.56 Å². The molecule has 25 heavy (non-hydrogen) atoms. The van der Waals surface area contributed by atoms with Crippen molar-refractivity contribution in [3.8, 4) is 16.2 Å². The van der Waals surface area contributed by atoms with E-state index in [4.69, 9.17) is 9.72 Å². The number of rotatable bonds is 4. The van der Waals surface area contributed by atoms with Crippen molar-refractivity contribution in [3.05, 3.63) is 68.4 Å². The van der Waals surface area contributed by atoms with Crippen LogP contribution in [0, 0.1) is 6.92 Å². The first-order valence-electron chi connectivity index (χ1n) is 7.85. The molecular formula is C19H16N2O2S2. The summed E-state index contributed by atoms with van der Waals surface area (Å²) in [7, 11) is 1.65. The van der Waals surface area contributed by atoms with E-state index in [0.29, 0.717) is 17.6 Å². The topological polar surface area (TPSA) is 55.0 Å². The maximum atomic E-state index is 12.7. The van der Waals surface area contributed by atoms with E-state index in [1.807, 2.05) is 48.7 Å². The lowest BCUT2D eigenvalue weighted by Crippen LogP contribution is -2.11.